The van der Waals surface area contributed by atoms with Gasteiger partial charge in [0.15, 0.2) is 0 Å². The molecule has 0 aromatic heterocycles. The third-order valence-corrected chi connectivity index (χ3v) is 1.89. The molecule has 0 aliphatic heterocycles. The van der Waals surface area contributed by atoms with Gasteiger partial charge in [-0.05, 0) is 5.56 Å². The number of rotatable bonds is 2. The normalized spacial score (nSPS) is 10.2. The molecule has 0 saturated carbocycles. The van der Waals surface area contributed by atoms with Gasteiger partial charge in [0, 0.05) is 14.2 Å². The molecule has 0 fully saturated rings. The van der Waals surface area contributed by atoms with E-state index in [0.29, 0.717) is 5.56 Å². The number of methoxy groups -OCH3 is 1. The maximum atomic E-state index is 10.4. The minimum Gasteiger partial charge on any atom is -0.388 e. The van der Waals surface area contributed by atoms with E-state index >= 15 is 0 Å². The topological polar surface area (TPSA) is 63.6 Å². The SMILES string of the molecule is COC.O=S(=O)(O)Cc1ccccc1. The van der Waals surface area contributed by atoms with Crippen LogP contribution in [0.1, 0.15) is 5.56 Å². The first-order chi connectivity index (χ1) is 6.49. The molecule has 0 radical (unpaired) electrons. The van der Waals surface area contributed by atoms with Crippen LogP contribution < -0.4 is 0 Å². The van der Waals surface area contributed by atoms with Gasteiger partial charge in [0.1, 0.15) is 5.75 Å². The largest absolute Gasteiger partial charge is 0.388 e. The molecule has 1 aromatic carbocycles. The summed E-state index contributed by atoms with van der Waals surface area (Å²) in [5.41, 5.74) is 0.593. The summed E-state index contributed by atoms with van der Waals surface area (Å²) in [6, 6.07) is 8.52. The van der Waals surface area contributed by atoms with Gasteiger partial charge in [-0.2, -0.15) is 8.42 Å². The molecule has 1 aromatic rings. The first kappa shape index (κ1) is 13.1. The molecule has 0 atom stereocenters. The Morgan fingerprint density at radius 1 is 1.21 bits per heavy atom. The predicted molar refractivity (Wildman–Crippen MR) is 54.6 cm³/mol. The highest BCUT2D eigenvalue weighted by atomic mass is 32.2. The van der Waals surface area contributed by atoms with Gasteiger partial charge in [-0.15, -0.1) is 0 Å². The molecule has 14 heavy (non-hydrogen) atoms. The molecule has 1 N–H and O–H groups in total. The van der Waals surface area contributed by atoms with E-state index in [9.17, 15) is 8.42 Å². The van der Waals surface area contributed by atoms with Crippen molar-refractivity contribution < 1.29 is 17.7 Å². The quantitative estimate of drug-likeness (QED) is 0.761. The molecule has 80 valence electrons. The summed E-state index contributed by atoms with van der Waals surface area (Å²) in [5, 5.41) is 0. The van der Waals surface area contributed by atoms with Crippen LogP contribution in [0.5, 0.6) is 0 Å². The van der Waals surface area contributed by atoms with Gasteiger partial charge in [0.05, 0.1) is 0 Å². The minimum absolute atomic E-state index is 0.312. The van der Waals surface area contributed by atoms with E-state index in [2.05, 4.69) is 4.74 Å². The Kier molecular flexibility index (Phi) is 6.11. The average Bonchev–Trinajstić information content (AvgIpc) is 2.04. The molecule has 0 bridgehead atoms. The fourth-order valence-electron chi connectivity index (χ4n) is 0.785. The molecular weight excluding hydrogens is 204 g/mol. The summed E-state index contributed by atoms with van der Waals surface area (Å²) in [6.07, 6.45) is 0. The molecule has 0 aliphatic carbocycles. The summed E-state index contributed by atoms with van der Waals surface area (Å²) in [7, 11) is -0.627. The van der Waals surface area contributed by atoms with Crippen LogP contribution in [0.2, 0.25) is 0 Å². The second-order valence-corrected chi connectivity index (χ2v) is 4.07. The van der Waals surface area contributed by atoms with Gasteiger partial charge in [0.2, 0.25) is 0 Å². The summed E-state index contributed by atoms with van der Waals surface area (Å²) >= 11 is 0. The van der Waals surface area contributed by atoms with E-state index in [0.717, 1.165) is 0 Å². The smallest absolute Gasteiger partial charge is 0.269 e. The van der Waals surface area contributed by atoms with Crippen molar-refractivity contribution in [3.05, 3.63) is 35.9 Å². The number of ether oxygens (including phenoxy) is 1. The monoisotopic (exact) mass is 218 g/mol. The Morgan fingerprint density at radius 3 is 2.00 bits per heavy atom. The summed E-state index contributed by atoms with van der Waals surface area (Å²) in [4.78, 5) is 0. The fraction of sp³-hybridized carbons (Fsp3) is 0.333. The number of hydrogen-bond donors (Lipinski definition) is 1. The molecular formula is C9H14O4S. The van der Waals surface area contributed by atoms with Crippen molar-refractivity contribution in [3.63, 3.8) is 0 Å². The molecule has 0 unspecified atom stereocenters. The van der Waals surface area contributed by atoms with Crippen LogP contribution in [0.3, 0.4) is 0 Å². The van der Waals surface area contributed by atoms with E-state index in [1.165, 1.54) is 0 Å². The first-order valence-electron chi connectivity index (χ1n) is 3.89. The number of benzene rings is 1. The van der Waals surface area contributed by atoms with E-state index in [1.54, 1.807) is 44.6 Å². The predicted octanol–water partition coefficient (Wildman–Crippen LogP) is 1.34. The third-order valence-electron chi connectivity index (χ3n) is 1.19. The van der Waals surface area contributed by atoms with Crippen molar-refractivity contribution in [2.45, 2.75) is 5.75 Å². The highest BCUT2D eigenvalue weighted by molar-refractivity contribution is 7.85. The zero-order chi connectivity index (χ0) is 11.0. The zero-order valence-corrected chi connectivity index (χ0v) is 8.99. The van der Waals surface area contributed by atoms with Crippen LogP contribution in [0, 0.1) is 0 Å². The van der Waals surface area contributed by atoms with Crippen molar-refractivity contribution in [1.82, 2.24) is 0 Å². The van der Waals surface area contributed by atoms with Crippen molar-refractivity contribution >= 4 is 10.1 Å². The molecule has 0 aliphatic rings. The van der Waals surface area contributed by atoms with Gasteiger partial charge < -0.3 is 4.74 Å². The summed E-state index contributed by atoms with van der Waals surface area (Å²) in [5.74, 6) is -0.312. The molecule has 0 saturated heterocycles. The summed E-state index contributed by atoms with van der Waals surface area (Å²) < 4.78 is 33.4. The second-order valence-electron chi connectivity index (χ2n) is 2.62. The molecule has 1 rings (SSSR count). The highest BCUT2D eigenvalue weighted by Crippen LogP contribution is 2.02. The molecule has 0 spiro atoms. The molecule has 5 heteroatoms. The molecule has 0 heterocycles. The maximum Gasteiger partial charge on any atom is 0.269 e. The van der Waals surface area contributed by atoms with Crippen LogP contribution in [-0.2, 0) is 20.6 Å². The van der Waals surface area contributed by atoms with Crippen LogP contribution >= 0.6 is 0 Å². The second kappa shape index (κ2) is 6.53. The first-order valence-corrected chi connectivity index (χ1v) is 5.49. The fourth-order valence-corrected chi connectivity index (χ4v) is 1.40. The maximum absolute atomic E-state index is 10.4. The van der Waals surface area contributed by atoms with E-state index < -0.39 is 10.1 Å². The van der Waals surface area contributed by atoms with Crippen LogP contribution in [0.4, 0.5) is 0 Å². The summed E-state index contributed by atoms with van der Waals surface area (Å²) in [6.45, 7) is 0. The lowest BCUT2D eigenvalue weighted by Gasteiger charge is -1.95. The van der Waals surface area contributed by atoms with Crippen molar-refractivity contribution in [1.29, 1.82) is 0 Å². The van der Waals surface area contributed by atoms with Gasteiger partial charge >= 0.3 is 0 Å². The Morgan fingerprint density at radius 2 is 1.64 bits per heavy atom. The van der Waals surface area contributed by atoms with Crippen molar-refractivity contribution in [2.24, 2.45) is 0 Å². The Hall–Kier alpha value is -0.910. The average molecular weight is 218 g/mol. The zero-order valence-electron chi connectivity index (χ0n) is 8.17. The lowest BCUT2D eigenvalue weighted by molar-refractivity contribution is 0.277. The van der Waals surface area contributed by atoms with E-state index in [-0.39, 0.29) is 5.75 Å². The van der Waals surface area contributed by atoms with Crippen molar-refractivity contribution in [3.8, 4) is 0 Å². The van der Waals surface area contributed by atoms with Crippen molar-refractivity contribution in [2.75, 3.05) is 14.2 Å². The molecule has 0 amide bonds. The number of hydrogen-bond acceptors (Lipinski definition) is 3. The Labute approximate surface area is 84.3 Å². The van der Waals surface area contributed by atoms with Crippen LogP contribution in [0.15, 0.2) is 30.3 Å². The van der Waals surface area contributed by atoms with Crippen LogP contribution in [0.25, 0.3) is 0 Å². The lowest BCUT2D eigenvalue weighted by atomic mass is 10.2. The van der Waals surface area contributed by atoms with Crippen LogP contribution in [-0.4, -0.2) is 27.2 Å². The third kappa shape index (κ3) is 7.72. The van der Waals surface area contributed by atoms with Gasteiger partial charge in [-0.1, -0.05) is 30.3 Å². The Balaban J connectivity index is 0.000000500. The van der Waals surface area contributed by atoms with E-state index in [4.69, 9.17) is 4.55 Å². The van der Waals surface area contributed by atoms with Gasteiger partial charge in [0.25, 0.3) is 10.1 Å². The highest BCUT2D eigenvalue weighted by Gasteiger charge is 2.04. The minimum atomic E-state index is -3.88. The van der Waals surface area contributed by atoms with Gasteiger partial charge in [-0.3, -0.25) is 4.55 Å². The van der Waals surface area contributed by atoms with E-state index in [1.807, 2.05) is 0 Å². The lowest BCUT2D eigenvalue weighted by Crippen LogP contribution is -2.00. The Bertz CT molecular complexity index is 331. The molecule has 4 nitrogen and oxygen atoms in total. The van der Waals surface area contributed by atoms with Gasteiger partial charge in [-0.25, -0.2) is 0 Å². The standard InChI is InChI=1S/C7H8O3S.C2H6O/c8-11(9,10)6-7-4-2-1-3-5-7;1-3-2/h1-5H,6H2,(H,8,9,10);1-2H3.